The molecule has 92 valence electrons. The predicted octanol–water partition coefficient (Wildman–Crippen LogP) is 0.450. The summed E-state index contributed by atoms with van der Waals surface area (Å²) in [6.45, 7) is 3.44. The lowest BCUT2D eigenvalue weighted by Gasteiger charge is -2.13. The van der Waals surface area contributed by atoms with Crippen molar-refractivity contribution in [3.63, 3.8) is 0 Å². The molecule has 0 saturated carbocycles. The zero-order valence-electron chi connectivity index (χ0n) is 9.67. The number of nitrogens with zero attached hydrogens (tertiary/aromatic N) is 3. The van der Waals surface area contributed by atoms with Crippen LogP contribution in [-0.4, -0.2) is 44.8 Å². The fourth-order valence-electron chi connectivity index (χ4n) is 1.96. The van der Waals surface area contributed by atoms with Gasteiger partial charge in [0.15, 0.2) is 0 Å². The summed E-state index contributed by atoms with van der Waals surface area (Å²) in [6, 6.07) is 1.67. The topological polar surface area (TPSA) is 75.4 Å². The fourth-order valence-corrected chi connectivity index (χ4v) is 1.96. The first-order chi connectivity index (χ1) is 8.11. The maximum atomic E-state index is 12.0. The third-order valence-electron chi connectivity index (χ3n) is 3.01. The Balaban J connectivity index is 2.04. The SMILES string of the molecule is CCn1ccc(C(=O)N2CC[C@H](C(=O)O)C2)n1. The molecule has 2 heterocycles. The van der Waals surface area contributed by atoms with Crippen LogP contribution in [0.4, 0.5) is 0 Å². The van der Waals surface area contributed by atoms with E-state index in [0.29, 0.717) is 25.2 Å². The highest BCUT2D eigenvalue weighted by atomic mass is 16.4. The second-order valence-corrected chi connectivity index (χ2v) is 4.13. The molecule has 1 aliphatic heterocycles. The summed E-state index contributed by atoms with van der Waals surface area (Å²) in [5.74, 6) is -1.45. The zero-order valence-corrected chi connectivity index (χ0v) is 9.67. The van der Waals surface area contributed by atoms with Crippen molar-refractivity contribution in [2.75, 3.05) is 13.1 Å². The molecule has 6 nitrogen and oxygen atoms in total. The average Bonchev–Trinajstić information content (AvgIpc) is 2.97. The van der Waals surface area contributed by atoms with Crippen LogP contribution in [0.25, 0.3) is 0 Å². The number of carboxylic acid groups (broad SMARTS) is 1. The molecule has 1 aliphatic rings. The van der Waals surface area contributed by atoms with Gasteiger partial charge < -0.3 is 10.0 Å². The van der Waals surface area contributed by atoms with Crippen LogP contribution in [0.3, 0.4) is 0 Å². The Bertz CT molecular complexity index is 441. The van der Waals surface area contributed by atoms with Crippen molar-refractivity contribution in [2.45, 2.75) is 19.9 Å². The number of carbonyl (C=O) groups excluding carboxylic acids is 1. The Morgan fingerprint density at radius 1 is 1.59 bits per heavy atom. The molecule has 0 radical (unpaired) electrons. The summed E-state index contributed by atoms with van der Waals surface area (Å²) in [5.41, 5.74) is 0.387. The number of hydrogen-bond donors (Lipinski definition) is 1. The number of aliphatic carboxylic acids is 1. The first-order valence-electron chi connectivity index (χ1n) is 5.67. The summed E-state index contributed by atoms with van der Waals surface area (Å²) in [6.07, 6.45) is 2.27. The number of aryl methyl sites for hydroxylation is 1. The Hall–Kier alpha value is -1.85. The third-order valence-corrected chi connectivity index (χ3v) is 3.01. The lowest BCUT2D eigenvalue weighted by molar-refractivity contribution is -0.141. The molecule has 1 saturated heterocycles. The van der Waals surface area contributed by atoms with E-state index in [1.165, 1.54) is 0 Å². The van der Waals surface area contributed by atoms with Gasteiger partial charge in [-0.15, -0.1) is 0 Å². The predicted molar refractivity (Wildman–Crippen MR) is 59.5 cm³/mol. The molecule has 1 fully saturated rings. The van der Waals surface area contributed by atoms with Crippen LogP contribution in [0, 0.1) is 5.92 Å². The highest BCUT2D eigenvalue weighted by molar-refractivity contribution is 5.92. The summed E-state index contributed by atoms with van der Waals surface area (Å²) in [7, 11) is 0. The average molecular weight is 237 g/mol. The van der Waals surface area contributed by atoms with Gasteiger partial charge in [0.2, 0.25) is 0 Å². The molecule has 17 heavy (non-hydrogen) atoms. The molecule has 0 spiro atoms. The Morgan fingerprint density at radius 2 is 2.35 bits per heavy atom. The quantitative estimate of drug-likeness (QED) is 0.828. The Morgan fingerprint density at radius 3 is 2.88 bits per heavy atom. The van der Waals surface area contributed by atoms with E-state index in [-0.39, 0.29) is 12.5 Å². The second-order valence-electron chi connectivity index (χ2n) is 4.13. The van der Waals surface area contributed by atoms with Crippen molar-refractivity contribution in [1.82, 2.24) is 14.7 Å². The Kier molecular flexibility index (Phi) is 3.12. The molecule has 1 N–H and O–H groups in total. The second kappa shape index (κ2) is 4.57. The minimum Gasteiger partial charge on any atom is -0.481 e. The molecular formula is C11H15N3O3. The maximum absolute atomic E-state index is 12.0. The van der Waals surface area contributed by atoms with E-state index < -0.39 is 11.9 Å². The molecule has 1 atom stereocenters. The van der Waals surface area contributed by atoms with Gasteiger partial charge in [-0.3, -0.25) is 14.3 Å². The first-order valence-corrected chi connectivity index (χ1v) is 5.67. The fraction of sp³-hybridized carbons (Fsp3) is 0.545. The van der Waals surface area contributed by atoms with E-state index in [1.54, 1.807) is 21.8 Å². The Labute approximate surface area is 98.8 Å². The maximum Gasteiger partial charge on any atom is 0.308 e. The first kappa shape index (κ1) is 11.6. The van der Waals surface area contributed by atoms with E-state index in [9.17, 15) is 9.59 Å². The van der Waals surface area contributed by atoms with E-state index in [0.717, 1.165) is 0 Å². The number of rotatable bonds is 3. The molecule has 6 heteroatoms. The number of likely N-dealkylation sites (tertiary alicyclic amines) is 1. The van der Waals surface area contributed by atoms with Crippen LogP contribution in [0.2, 0.25) is 0 Å². The summed E-state index contributed by atoms with van der Waals surface area (Å²) in [4.78, 5) is 24.4. The van der Waals surface area contributed by atoms with Gasteiger partial charge in [0.05, 0.1) is 5.92 Å². The van der Waals surface area contributed by atoms with Gasteiger partial charge in [-0.1, -0.05) is 0 Å². The largest absolute Gasteiger partial charge is 0.481 e. The highest BCUT2D eigenvalue weighted by Gasteiger charge is 2.31. The van der Waals surface area contributed by atoms with Crippen molar-refractivity contribution in [1.29, 1.82) is 0 Å². The molecule has 0 aliphatic carbocycles. The summed E-state index contributed by atoms with van der Waals surface area (Å²) < 4.78 is 1.68. The van der Waals surface area contributed by atoms with E-state index >= 15 is 0 Å². The van der Waals surface area contributed by atoms with Crippen LogP contribution < -0.4 is 0 Å². The lowest BCUT2D eigenvalue weighted by atomic mass is 10.1. The van der Waals surface area contributed by atoms with Gasteiger partial charge in [-0.25, -0.2) is 0 Å². The number of amides is 1. The molecule has 0 bridgehead atoms. The summed E-state index contributed by atoms with van der Waals surface area (Å²) in [5, 5.41) is 13.0. The van der Waals surface area contributed by atoms with Crippen LogP contribution in [0.15, 0.2) is 12.3 Å². The normalized spacial score (nSPS) is 19.6. The van der Waals surface area contributed by atoms with E-state index in [4.69, 9.17) is 5.11 Å². The van der Waals surface area contributed by atoms with Gasteiger partial charge in [0.1, 0.15) is 5.69 Å². The zero-order chi connectivity index (χ0) is 12.4. The van der Waals surface area contributed by atoms with Crippen LogP contribution >= 0.6 is 0 Å². The highest BCUT2D eigenvalue weighted by Crippen LogP contribution is 2.18. The van der Waals surface area contributed by atoms with E-state index in [2.05, 4.69) is 5.10 Å². The molecule has 0 aromatic carbocycles. The summed E-state index contributed by atoms with van der Waals surface area (Å²) >= 11 is 0. The number of carboxylic acids is 1. The molecule has 1 aromatic rings. The molecule has 1 aromatic heterocycles. The van der Waals surface area contributed by atoms with Gasteiger partial charge in [-0.05, 0) is 19.4 Å². The number of aromatic nitrogens is 2. The van der Waals surface area contributed by atoms with Crippen LogP contribution in [-0.2, 0) is 11.3 Å². The van der Waals surface area contributed by atoms with Crippen molar-refractivity contribution in [3.05, 3.63) is 18.0 Å². The lowest BCUT2D eigenvalue weighted by Crippen LogP contribution is -2.30. The van der Waals surface area contributed by atoms with Crippen LogP contribution in [0.5, 0.6) is 0 Å². The van der Waals surface area contributed by atoms with Gasteiger partial charge in [0.25, 0.3) is 5.91 Å². The van der Waals surface area contributed by atoms with Gasteiger partial charge >= 0.3 is 5.97 Å². The minimum atomic E-state index is -0.834. The van der Waals surface area contributed by atoms with Crippen molar-refractivity contribution < 1.29 is 14.7 Å². The number of hydrogen-bond acceptors (Lipinski definition) is 3. The van der Waals surface area contributed by atoms with Crippen molar-refractivity contribution in [3.8, 4) is 0 Å². The standard InChI is InChI=1S/C11H15N3O3/c1-2-14-6-4-9(12-14)10(15)13-5-3-8(7-13)11(16)17/h4,6,8H,2-3,5,7H2,1H3,(H,16,17)/t8-/m0/s1. The van der Waals surface area contributed by atoms with Crippen molar-refractivity contribution in [2.24, 2.45) is 5.92 Å². The van der Waals surface area contributed by atoms with Gasteiger partial charge in [0, 0.05) is 25.8 Å². The molecular weight excluding hydrogens is 222 g/mol. The number of carbonyl (C=O) groups is 2. The smallest absolute Gasteiger partial charge is 0.308 e. The molecule has 0 unspecified atom stereocenters. The molecule has 1 amide bonds. The third kappa shape index (κ3) is 2.30. The monoisotopic (exact) mass is 237 g/mol. The van der Waals surface area contributed by atoms with Gasteiger partial charge in [-0.2, -0.15) is 5.10 Å². The molecule has 2 rings (SSSR count). The minimum absolute atomic E-state index is 0.180. The van der Waals surface area contributed by atoms with E-state index in [1.807, 2.05) is 6.92 Å². The van der Waals surface area contributed by atoms with Crippen LogP contribution in [0.1, 0.15) is 23.8 Å². The van der Waals surface area contributed by atoms with Crippen molar-refractivity contribution >= 4 is 11.9 Å².